The van der Waals surface area contributed by atoms with Crippen molar-refractivity contribution in [2.45, 2.75) is 25.7 Å². The number of amides is 1. The minimum absolute atomic E-state index is 0.120. The average Bonchev–Trinajstić information content (AvgIpc) is 2.73. The molecule has 0 aromatic heterocycles. The Balaban J connectivity index is 2.16. The van der Waals surface area contributed by atoms with Gasteiger partial charge in [-0.05, 0) is 59.7 Å². The Hall–Kier alpha value is -0.830. The van der Waals surface area contributed by atoms with Gasteiger partial charge in [-0.3, -0.25) is 9.10 Å². The summed E-state index contributed by atoms with van der Waals surface area (Å²) < 4.78 is 26.3. The van der Waals surface area contributed by atoms with Gasteiger partial charge in [0.25, 0.3) is 0 Å². The van der Waals surface area contributed by atoms with Gasteiger partial charge < -0.3 is 4.90 Å². The van der Waals surface area contributed by atoms with Crippen molar-refractivity contribution in [3.05, 3.63) is 27.8 Å². The fourth-order valence-corrected chi connectivity index (χ4v) is 3.76. The summed E-state index contributed by atoms with van der Waals surface area (Å²) in [5.74, 6) is -0.120. The number of nitrogens with zero attached hydrogens (tertiary/aromatic N) is 2. The molecule has 1 fully saturated rings. The van der Waals surface area contributed by atoms with E-state index in [0.29, 0.717) is 5.69 Å². The van der Waals surface area contributed by atoms with Crippen LogP contribution in [0.1, 0.15) is 25.7 Å². The van der Waals surface area contributed by atoms with Gasteiger partial charge in [-0.2, -0.15) is 0 Å². The number of halogens is 1. The first-order chi connectivity index (χ1) is 10.4. The Kier molecular flexibility index (Phi) is 6.08. The minimum atomic E-state index is -3.49. The first-order valence-electron chi connectivity index (χ1n) is 7.39. The van der Waals surface area contributed by atoms with Crippen LogP contribution in [0.3, 0.4) is 0 Å². The van der Waals surface area contributed by atoms with Crippen molar-refractivity contribution in [1.82, 2.24) is 4.90 Å². The van der Waals surface area contributed by atoms with E-state index in [2.05, 4.69) is 22.6 Å². The van der Waals surface area contributed by atoms with E-state index < -0.39 is 10.0 Å². The molecule has 5 nitrogen and oxygen atoms in total. The van der Waals surface area contributed by atoms with E-state index in [0.717, 1.165) is 48.6 Å². The number of benzene rings is 1. The predicted octanol–water partition coefficient (Wildman–Crippen LogP) is 2.46. The van der Waals surface area contributed by atoms with E-state index in [-0.39, 0.29) is 12.5 Å². The quantitative estimate of drug-likeness (QED) is 0.682. The zero-order valence-electron chi connectivity index (χ0n) is 12.7. The van der Waals surface area contributed by atoms with E-state index in [1.165, 1.54) is 4.31 Å². The van der Waals surface area contributed by atoms with Crippen molar-refractivity contribution in [2.24, 2.45) is 0 Å². The third kappa shape index (κ3) is 4.84. The summed E-state index contributed by atoms with van der Waals surface area (Å²) in [6.45, 7) is 1.33. The Morgan fingerprint density at radius 1 is 1.14 bits per heavy atom. The van der Waals surface area contributed by atoms with E-state index in [1.807, 2.05) is 12.1 Å². The summed E-state index contributed by atoms with van der Waals surface area (Å²) in [7, 11) is -3.49. The second-order valence-corrected chi connectivity index (χ2v) is 8.69. The number of sulfonamides is 1. The molecule has 0 unspecified atom stereocenters. The molecule has 0 radical (unpaired) electrons. The van der Waals surface area contributed by atoms with Gasteiger partial charge in [-0.15, -0.1) is 0 Å². The highest BCUT2D eigenvalue weighted by Gasteiger charge is 2.24. The van der Waals surface area contributed by atoms with Gasteiger partial charge in [0.2, 0.25) is 15.9 Å². The number of likely N-dealkylation sites (tertiary alicyclic amines) is 1. The SMILES string of the molecule is CS(=O)(=O)N(CC(=O)N1CCCCCC1)c1ccc(I)cc1. The number of carbonyl (C=O) groups is 1. The zero-order chi connectivity index (χ0) is 16.2. The third-order valence-corrected chi connectivity index (χ3v) is 5.61. The molecular weight excluding hydrogens is 415 g/mol. The van der Waals surface area contributed by atoms with Crippen molar-refractivity contribution in [3.63, 3.8) is 0 Å². The van der Waals surface area contributed by atoms with Gasteiger partial charge in [0.05, 0.1) is 11.9 Å². The zero-order valence-corrected chi connectivity index (χ0v) is 15.6. The van der Waals surface area contributed by atoms with Crippen molar-refractivity contribution in [1.29, 1.82) is 0 Å². The fourth-order valence-electron chi connectivity index (χ4n) is 2.55. The fraction of sp³-hybridized carbons (Fsp3) is 0.533. The summed E-state index contributed by atoms with van der Waals surface area (Å²) in [5.41, 5.74) is 0.533. The number of hydrogen-bond donors (Lipinski definition) is 0. The Labute approximate surface area is 145 Å². The summed E-state index contributed by atoms with van der Waals surface area (Å²) in [6, 6.07) is 7.14. The van der Waals surface area contributed by atoms with Gasteiger partial charge in [0.15, 0.2) is 0 Å². The highest BCUT2D eigenvalue weighted by atomic mass is 127. The molecule has 0 N–H and O–H groups in total. The second kappa shape index (κ2) is 7.63. The molecule has 1 aromatic carbocycles. The van der Waals surface area contributed by atoms with Crippen LogP contribution in [0.2, 0.25) is 0 Å². The number of anilines is 1. The molecule has 0 spiro atoms. The first kappa shape index (κ1) is 17.5. The largest absolute Gasteiger partial charge is 0.341 e. The Bertz CT molecular complexity index is 608. The minimum Gasteiger partial charge on any atom is -0.341 e. The lowest BCUT2D eigenvalue weighted by Crippen LogP contribution is -2.43. The topological polar surface area (TPSA) is 57.7 Å². The van der Waals surface area contributed by atoms with E-state index >= 15 is 0 Å². The van der Waals surface area contributed by atoms with Gasteiger partial charge in [0.1, 0.15) is 6.54 Å². The lowest BCUT2D eigenvalue weighted by molar-refractivity contribution is -0.129. The molecule has 1 aliphatic rings. The van der Waals surface area contributed by atoms with Crippen LogP contribution in [0.25, 0.3) is 0 Å². The number of carbonyl (C=O) groups excluding carboxylic acids is 1. The predicted molar refractivity (Wildman–Crippen MR) is 96.4 cm³/mol. The maximum atomic E-state index is 12.5. The molecule has 1 heterocycles. The maximum absolute atomic E-state index is 12.5. The van der Waals surface area contributed by atoms with Gasteiger partial charge in [-0.1, -0.05) is 12.8 Å². The molecule has 22 heavy (non-hydrogen) atoms. The molecule has 1 aromatic rings. The lowest BCUT2D eigenvalue weighted by Gasteiger charge is -2.26. The maximum Gasteiger partial charge on any atom is 0.243 e. The molecule has 0 atom stereocenters. The normalized spacial score (nSPS) is 16.2. The number of rotatable bonds is 4. The van der Waals surface area contributed by atoms with Crippen LogP contribution in [0, 0.1) is 3.57 Å². The van der Waals surface area contributed by atoms with Crippen LogP contribution >= 0.6 is 22.6 Å². The highest BCUT2D eigenvalue weighted by Crippen LogP contribution is 2.20. The molecule has 122 valence electrons. The van der Waals surface area contributed by atoms with Crippen LogP contribution in [-0.2, 0) is 14.8 Å². The molecule has 2 rings (SSSR count). The van der Waals surface area contributed by atoms with Crippen molar-refractivity contribution in [2.75, 3.05) is 30.2 Å². The van der Waals surface area contributed by atoms with Crippen LogP contribution < -0.4 is 4.31 Å². The highest BCUT2D eigenvalue weighted by molar-refractivity contribution is 14.1. The van der Waals surface area contributed by atoms with Crippen LogP contribution in [-0.4, -0.2) is 45.1 Å². The molecule has 1 saturated heterocycles. The van der Waals surface area contributed by atoms with Gasteiger partial charge in [-0.25, -0.2) is 8.42 Å². The van der Waals surface area contributed by atoms with Crippen LogP contribution in [0.5, 0.6) is 0 Å². The Morgan fingerprint density at radius 2 is 1.68 bits per heavy atom. The monoisotopic (exact) mass is 436 g/mol. The Morgan fingerprint density at radius 3 is 2.18 bits per heavy atom. The van der Waals surface area contributed by atoms with E-state index in [4.69, 9.17) is 0 Å². The molecular formula is C15H21IN2O3S. The second-order valence-electron chi connectivity index (χ2n) is 5.54. The van der Waals surface area contributed by atoms with Crippen LogP contribution in [0.15, 0.2) is 24.3 Å². The molecule has 0 aliphatic carbocycles. The molecule has 1 amide bonds. The van der Waals surface area contributed by atoms with Crippen molar-refractivity contribution in [3.8, 4) is 0 Å². The standard InChI is InChI=1S/C15H21IN2O3S/c1-22(20,21)18(14-8-6-13(16)7-9-14)12-15(19)17-10-4-2-3-5-11-17/h6-9H,2-5,10-12H2,1H3. The summed E-state index contributed by atoms with van der Waals surface area (Å²) in [4.78, 5) is 14.3. The van der Waals surface area contributed by atoms with E-state index in [9.17, 15) is 13.2 Å². The molecule has 7 heteroatoms. The lowest BCUT2D eigenvalue weighted by atomic mass is 10.2. The first-order valence-corrected chi connectivity index (χ1v) is 10.3. The van der Waals surface area contributed by atoms with Crippen molar-refractivity contribution >= 4 is 44.2 Å². The smallest absolute Gasteiger partial charge is 0.243 e. The van der Waals surface area contributed by atoms with Crippen LogP contribution in [0.4, 0.5) is 5.69 Å². The molecule has 1 aliphatic heterocycles. The molecule has 0 bridgehead atoms. The number of hydrogen-bond acceptors (Lipinski definition) is 3. The summed E-state index contributed by atoms with van der Waals surface area (Å²) in [5, 5.41) is 0. The third-order valence-electron chi connectivity index (χ3n) is 3.75. The average molecular weight is 436 g/mol. The van der Waals surface area contributed by atoms with Gasteiger partial charge in [0, 0.05) is 16.7 Å². The van der Waals surface area contributed by atoms with Gasteiger partial charge >= 0.3 is 0 Å². The van der Waals surface area contributed by atoms with E-state index in [1.54, 1.807) is 17.0 Å². The van der Waals surface area contributed by atoms with Crippen molar-refractivity contribution < 1.29 is 13.2 Å². The molecule has 0 saturated carbocycles. The summed E-state index contributed by atoms with van der Waals surface area (Å²) >= 11 is 2.16. The summed E-state index contributed by atoms with van der Waals surface area (Å²) in [6.07, 6.45) is 5.40.